The number of alkyl halides is 3. The minimum absolute atomic E-state index is 0.137. The summed E-state index contributed by atoms with van der Waals surface area (Å²) in [6, 6.07) is 0. The lowest BCUT2D eigenvalue weighted by Crippen LogP contribution is -2.35. The van der Waals surface area contributed by atoms with E-state index in [-0.39, 0.29) is 6.61 Å². The number of rotatable bonds is 4. The lowest BCUT2D eigenvalue weighted by molar-refractivity contribution is -0.164. The van der Waals surface area contributed by atoms with Crippen LogP contribution in [-0.2, 0) is 14.4 Å². The maximum absolute atomic E-state index is 11.7. The van der Waals surface area contributed by atoms with E-state index in [1.165, 1.54) is 6.92 Å². The summed E-state index contributed by atoms with van der Waals surface area (Å²) in [7, 11) is 0. The lowest BCUT2D eigenvalue weighted by atomic mass is 10.2. The number of carbonyl (C=O) groups excluding carboxylic acids is 1. The summed E-state index contributed by atoms with van der Waals surface area (Å²) < 4.78 is 35.2. The molecule has 0 aliphatic rings. The molecule has 8 heteroatoms. The van der Waals surface area contributed by atoms with Crippen LogP contribution >= 0.6 is 0 Å². The number of Topliss-reactive ketones (excluding diaryl/α,β-unsaturated/α-hetero) is 1. The molecule has 1 N–H and O–H groups in total. The van der Waals surface area contributed by atoms with E-state index in [0.717, 1.165) is 0 Å². The predicted octanol–water partition coefficient (Wildman–Crippen LogP) is 0.595. The Bertz CT molecular complexity index is 271. The van der Waals surface area contributed by atoms with E-state index < -0.39 is 23.6 Å². The van der Waals surface area contributed by atoms with E-state index in [4.69, 9.17) is 5.11 Å². The average Bonchev–Trinajstić information content (AvgIpc) is 2.02. The zero-order valence-electron chi connectivity index (χ0n) is 6.96. The van der Waals surface area contributed by atoms with E-state index in [9.17, 15) is 22.8 Å². The molecule has 0 aromatic carbocycles. The molecule has 14 heavy (non-hydrogen) atoms. The molecule has 0 spiro atoms. The predicted molar refractivity (Wildman–Crippen MR) is 37.8 cm³/mol. The topological polar surface area (TPSA) is 76.0 Å². The van der Waals surface area contributed by atoms with Crippen LogP contribution in [0.25, 0.3) is 0 Å². The van der Waals surface area contributed by atoms with Gasteiger partial charge in [-0.1, -0.05) is 5.16 Å². The lowest BCUT2D eigenvalue weighted by Gasteiger charge is -2.03. The fraction of sp³-hybridized carbons (Fsp3) is 0.500. The Balaban J connectivity index is 4.86. The largest absolute Gasteiger partial charge is 0.476 e. The average molecular weight is 213 g/mol. The van der Waals surface area contributed by atoms with Crippen molar-refractivity contribution in [3.8, 4) is 0 Å². The monoisotopic (exact) mass is 213 g/mol. The second kappa shape index (κ2) is 4.58. The van der Waals surface area contributed by atoms with E-state index in [2.05, 4.69) is 9.99 Å². The standard InChI is InChI=1S/C6H6F3NO4/c1-2-14-10-3(5(12)13)4(11)6(7,8)9/h2H2,1H3,(H,12,13). The normalized spacial score (nSPS) is 12.4. The molecule has 0 fully saturated rings. The number of oxime groups is 1. The Kier molecular flexibility index (Phi) is 4.06. The van der Waals surface area contributed by atoms with Crippen LogP contribution in [0.3, 0.4) is 0 Å². The van der Waals surface area contributed by atoms with Crippen molar-refractivity contribution < 1.29 is 32.7 Å². The molecule has 5 nitrogen and oxygen atoms in total. The summed E-state index contributed by atoms with van der Waals surface area (Å²) in [6.45, 7) is 1.24. The summed E-state index contributed by atoms with van der Waals surface area (Å²) in [4.78, 5) is 24.6. The molecule has 0 rings (SSSR count). The number of halogens is 3. The van der Waals surface area contributed by atoms with Gasteiger partial charge < -0.3 is 9.94 Å². The second-order valence-corrected chi connectivity index (χ2v) is 1.99. The molecular weight excluding hydrogens is 207 g/mol. The number of hydrogen-bond donors (Lipinski definition) is 1. The number of carbonyl (C=O) groups is 2. The molecule has 0 aliphatic carbocycles. The van der Waals surface area contributed by atoms with Crippen molar-refractivity contribution in [2.24, 2.45) is 5.16 Å². The van der Waals surface area contributed by atoms with Gasteiger partial charge in [-0.3, -0.25) is 4.79 Å². The van der Waals surface area contributed by atoms with Gasteiger partial charge in [-0.2, -0.15) is 13.2 Å². The molecule has 0 unspecified atom stereocenters. The van der Waals surface area contributed by atoms with Crippen LogP contribution in [0.5, 0.6) is 0 Å². The van der Waals surface area contributed by atoms with Crippen LogP contribution in [0.1, 0.15) is 6.92 Å². The molecule has 0 aliphatic heterocycles. The summed E-state index contributed by atoms with van der Waals surface area (Å²) >= 11 is 0. The molecule has 0 amide bonds. The van der Waals surface area contributed by atoms with Gasteiger partial charge in [-0.15, -0.1) is 0 Å². The van der Waals surface area contributed by atoms with Gasteiger partial charge in [0, 0.05) is 0 Å². The van der Waals surface area contributed by atoms with Crippen molar-refractivity contribution in [3.63, 3.8) is 0 Å². The summed E-state index contributed by atoms with van der Waals surface area (Å²) in [5.41, 5.74) is -1.68. The maximum atomic E-state index is 11.7. The van der Waals surface area contributed by atoms with E-state index in [1.54, 1.807) is 0 Å². The van der Waals surface area contributed by atoms with E-state index in [1.807, 2.05) is 0 Å². The zero-order chi connectivity index (χ0) is 11.4. The van der Waals surface area contributed by atoms with Crippen LogP contribution in [0.4, 0.5) is 13.2 Å². The molecule has 0 aromatic rings. The zero-order valence-corrected chi connectivity index (χ0v) is 6.96. The van der Waals surface area contributed by atoms with Gasteiger partial charge in [0.05, 0.1) is 0 Å². The highest BCUT2D eigenvalue weighted by Crippen LogP contribution is 2.16. The maximum Gasteiger partial charge on any atom is 0.456 e. The van der Waals surface area contributed by atoms with Crippen molar-refractivity contribution in [1.82, 2.24) is 0 Å². The van der Waals surface area contributed by atoms with E-state index >= 15 is 0 Å². The van der Waals surface area contributed by atoms with Gasteiger partial charge in [0.15, 0.2) is 0 Å². The van der Waals surface area contributed by atoms with Crippen LogP contribution in [0.2, 0.25) is 0 Å². The first-order valence-electron chi connectivity index (χ1n) is 3.35. The van der Waals surface area contributed by atoms with Gasteiger partial charge in [0.1, 0.15) is 6.61 Å². The first kappa shape index (κ1) is 12.4. The van der Waals surface area contributed by atoms with Crippen molar-refractivity contribution in [2.75, 3.05) is 6.61 Å². The molecular formula is C6H6F3NO4. The quantitative estimate of drug-likeness (QED) is 0.421. The minimum Gasteiger partial charge on any atom is -0.476 e. The van der Waals surface area contributed by atoms with Crippen LogP contribution < -0.4 is 0 Å². The third-order valence-electron chi connectivity index (χ3n) is 0.960. The van der Waals surface area contributed by atoms with Crippen molar-refractivity contribution in [3.05, 3.63) is 0 Å². The first-order chi connectivity index (χ1) is 6.30. The van der Waals surface area contributed by atoms with Crippen LogP contribution in [0, 0.1) is 0 Å². The van der Waals surface area contributed by atoms with Crippen molar-refractivity contribution in [2.45, 2.75) is 13.1 Å². The Hall–Kier alpha value is -1.60. The summed E-state index contributed by atoms with van der Waals surface area (Å²) in [5.74, 6) is -4.63. The molecule has 0 atom stereocenters. The number of carboxylic acid groups (broad SMARTS) is 1. The fourth-order valence-corrected chi connectivity index (χ4v) is 0.441. The van der Waals surface area contributed by atoms with Gasteiger partial charge in [0.2, 0.25) is 5.71 Å². The van der Waals surface area contributed by atoms with Gasteiger partial charge >= 0.3 is 12.1 Å². The smallest absolute Gasteiger partial charge is 0.456 e. The Labute approximate surface area is 76.1 Å². The van der Waals surface area contributed by atoms with Crippen LogP contribution in [-0.4, -0.2) is 35.4 Å². The molecule has 0 saturated carbocycles. The highest BCUT2D eigenvalue weighted by Gasteiger charge is 2.45. The van der Waals surface area contributed by atoms with Gasteiger partial charge in [-0.25, -0.2) is 4.79 Å². The van der Waals surface area contributed by atoms with Crippen molar-refractivity contribution >= 4 is 17.5 Å². The Morgan fingerprint density at radius 3 is 2.21 bits per heavy atom. The highest BCUT2D eigenvalue weighted by molar-refractivity contribution is 6.64. The molecule has 0 bridgehead atoms. The SMILES string of the molecule is CCON=C(C(=O)O)C(=O)C(F)(F)F. The molecule has 0 heterocycles. The molecule has 0 saturated heterocycles. The molecule has 0 aromatic heterocycles. The van der Waals surface area contributed by atoms with Gasteiger partial charge in [0.25, 0.3) is 5.78 Å². The number of ketones is 1. The number of nitrogens with zero attached hydrogens (tertiary/aromatic N) is 1. The molecule has 0 radical (unpaired) electrons. The Morgan fingerprint density at radius 1 is 1.43 bits per heavy atom. The highest BCUT2D eigenvalue weighted by atomic mass is 19.4. The fourth-order valence-electron chi connectivity index (χ4n) is 0.441. The van der Waals surface area contributed by atoms with E-state index in [0.29, 0.717) is 0 Å². The summed E-state index contributed by atoms with van der Waals surface area (Å²) in [5, 5.41) is 10.8. The minimum atomic E-state index is -5.27. The second-order valence-electron chi connectivity index (χ2n) is 1.99. The number of aliphatic carboxylic acids is 1. The number of hydrogen-bond acceptors (Lipinski definition) is 4. The third kappa shape index (κ3) is 3.42. The first-order valence-corrected chi connectivity index (χ1v) is 3.35. The molecule has 80 valence electrons. The third-order valence-corrected chi connectivity index (χ3v) is 0.960. The summed E-state index contributed by atoms with van der Waals surface area (Å²) in [6.07, 6.45) is -5.27. The number of carboxylic acids is 1. The van der Waals surface area contributed by atoms with Gasteiger partial charge in [-0.05, 0) is 6.92 Å². The Morgan fingerprint density at radius 2 is 1.93 bits per heavy atom. The van der Waals surface area contributed by atoms with Crippen molar-refractivity contribution in [1.29, 1.82) is 0 Å². The van der Waals surface area contributed by atoms with Crippen LogP contribution in [0.15, 0.2) is 5.16 Å².